The van der Waals surface area contributed by atoms with Crippen molar-refractivity contribution in [2.24, 2.45) is 0 Å². The van der Waals surface area contributed by atoms with Crippen molar-refractivity contribution in [3.8, 4) is 11.5 Å². The number of para-hydroxylation sites is 1. The molecular weight excluding hydrogens is 382 g/mol. The zero-order valence-corrected chi connectivity index (χ0v) is 16.9. The molecule has 3 aromatic rings. The number of anilines is 1. The highest BCUT2D eigenvalue weighted by Gasteiger charge is 2.14. The Balaban J connectivity index is 1.64. The predicted molar refractivity (Wildman–Crippen MR) is 109 cm³/mol. The zero-order chi connectivity index (χ0) is 19.4. The molecule has 0 atom stereocenters. The van der Waals surface area contributed by atoms with E-state index in [1.807, 2.05) is 37.3 Å². The van der Waals surface area contributed by atoms with E-state index in [0.29, 0.717) is 22.1 Å². The molecule has 1 amide bonds. The van der Waals surface area contributed by atoms with Gasteiger partial charge in [0, 0.05) is 16.3 Å². The molecule has 3 rings (SSSR count). The highest BCUT2D eigenvalue weighted by molar-refractivity contribution is 7.99. The van der Waals surface area contributed by atoms with E-state index in [4.69, 9.17) is 16.0 Å². The number of nitrogens with zero attached hydrogens (tertiary/aromatic N) is 2. The Labute approximate surface area is 167 Å². The van der Waals surface area contributed by atoms with Crippen molar-refractivity contribution in [2.75, 3.05) is 11.1 Å². The van der Waals surface area contributed by atoms with Gasteiger partial charge in [0.05, 0.1) is 5.75 Å². The van der Waals surface area contributed by atoms with Crippen LogP contribution < -0.4 is 5.32 Å². The van der Waals surface area contributed by atoms with Crippen LogP contribution in [-0.4, -0.2) is 21.9 Å². The maximum absolute atomic E-state index is 12.4. The van der Waals surface area contributed by atoms with Gasteiger partial charge in [0.25, 0.3) is 5.22 Å². The van der Waals surface area contributed by atoms with Crippen molar-refractivity contribution >= 4 is 35.0 Å². The van der Waals surface area contributed by atoms with Crippen LogP contribution in [0.3, 0.4) is 0 Å². The topological polar surface area (TPSA) is 68.0 Å². The van der Waals surface area contributed by atoms with Gasteiger partial charge in [-0.05, 0) is 42.2 Å². The second-order valence-electron chi connectivity index (χ2n) is 6.41. The normalized spacial score (nSPS) is 11.0. The van der Waals surface area contributed by atoms with Crippen molar-refractivity contribution in [3.63, 3.8) is 0 Å². The van der Waals surface area contributed by atoms with Crippen LogP contribution in [0.2, 0.25) is 5.02 Å². The third-order valence-electron chi connectivity index (χ3n) is 4.00. The molecule has 5 nitrogen and oxygen atoms in total. The van der Waals surface area contributed by atoms with Crippen LogP contribution >= 0.6 is 23.4 Å². The van der Waals surface area contributed by atoms with E-state index in [0.717, 1.165) is 22.4 Å². The van der Waals surface area contributed by atoms with Crippen molar-refractivity contribution in [1.29, 1.82) is 0 Å². The second kappa shape index (κ2) is 8.59. The van der Waals surface area contributed by atoms with Crippen LogP contribution in [0.5, 0.6) is 0 Å². The number of thioether (sulfide) groups is 1. The summed E-state index contributed by atoms with van der Waals surface area (Å²) in [6.45, 7) is 6.20. The Morgan fingerprint density at radius 3 is 2.74 bits per heavy atom. The van der Waals surface area contributed by atoms with Gasteiger partial charge >= 0.3 is 0 Å². The number of hydrogen-bond acceptors (Lipinski definition) is 5. The summed E-state index contributed by atoms with van der Waals surface area (Å²) >= 11 is 7.18. The predicted octanol–water partition coefficient (Wildman–Crippen LogP) is 5.55. The molecule has 140 valence electrons. The van der Waals surface area contributed by atoms with Gasteiger partial charge < -0.3 is 9.73 Å². The number of rotatable bonds is 6. The third-order valence-corrected chi connectivity index (χ3v) is 5.05. The van der Waals surface area contributed by atoms with Gasteiger partial charge in [0.2, 0.25) is 11.8 Å². The summed E-state index contributed by atoms with van der Waals surface area (Å²) in [5.74, 6) is 0.771. The number of hydrogen-bond donors (Lipinski definition) is 1. The van der Waals surface area contributed by atoms with Gasteiger partial charge in [-0.2, -0.15) is 0 Å². The van der Waals surface area contributed by atoms with E-state index in [-0.39, 0.29) is 11.7 Å². The number of amides is 1. The Morgan fingerprint density at radius 1 is 1.22 bits per heavy atom. The summed E-state index contributed by atoms with van der Waals surface area (Å²) in [6, 6.07) is 13.2. The number of aromatic nitrogens is 2. The van der Waals surface area contributed by atoms with Crippen LogP contribution in [0.1, 0.15) is 30.9 Å². The van der Waals surface area contributed by atoms with Gasteiger partial charge in [-0.3, -0.25) is 4.79 Å². The molecule has 27 heavy (non-hydrogen) atoms. The molecule has 0 bridgehead atoms. The minimum absolute atomic E-state index is 0.112. The molecule has 0 aliphatic rings. The minimum atomic E-state index is -0.112. The molecule has 0 radical (unpaired) electrons. The third kappa shape index (κ3) is 4.90. The van der Waals surface area contributed by atoms with Crippen LogP contribution in [0, 0.1) is 6.92 Å². The average Bonchev–Trinajstić information content (AvgIpc) is 3.10. The first-order valence-electron chi connectivity index (χ1n) is 8.55. The van der Waals surface area contributed by atoms with Gasteiger partial charge in [-0.1, -0.05) is 61.5 Å². The Hall–Kier alpha value is -2.31. The van der Waals surface area contributed by atoms with Gasteiger partial charge in [-0.15, -0.1) is 10.2 Å². The van der Waals surface area contributed by atoms with E-state index in [2.05, 4.69) is 29.4 Å². The van der Waals surface area contributed by atoms with Crippen LogP contribution in [0.15, 0.2) is 52.1 Å². The molecule has 1 aromatic heterocycles. The number of aryl methyl sites for hydroxylation is 1. The molecule has 0 spiro atoms. The lowest BCUT2D eigenvalue weighted by atomic mass is 9.98. The van der Waals surface area contributed by atoms with Crippen molar-refractivity contribution < 1.29 is 9.21 Å². The first kappa shape index (κ1) is 19.5. The molecule has 0 aliphatic carbocycles. The molecule has 0 aliphatic heterocycles. The van der Waals surface area contributed by atoms with Crippen molar-refractivity contribution in [2.45, 2.75) is 31.9 Å². The number of benzene rings is 2. The standard InChI is InChI=1S/C20H20ClN3O2S/c1-12(2)16-9-4-6-13(3)18(16)22-17(25)11-27-20-24-23-19(26-20)14-7-5-8-15(21)10-14/h4-10,12H,11H2,1-3H3,(H,22,25). The SMILES string of the molecule is Cc1cccc(C(C)C)c1NC(=O)CSc1nnc(-c2cccc(Cl)c2)o1. The van der Waals surface area contributed by atoms with Crippen LogP contribution in [0.25, 0.3) is 11.5 Å². The molecule has 2 aromatic carbocycles. The van der Waals surface area contributed by atoms with Crippen LogP contribution in [-0.2, 0) is 4.79 Å². The fraction of sp³-hybridized carbons (Fsp3) is 0.250. The Bertz CT molecular complexity index is 956. The minimum Gasteiger partial charge on any atom is -0.411 e. The van der Waals surface area contributed by atoms with Crippen LogP contribution in [0.4, 0.5) is 5.69 Å². The smallest absolute Gasteiger partial charge is 0.277 e. The lowest BCUT2D eigenvalue weighted by Gasteiger charge is -2.16. The fourth-order valence-electron chi connectivity index (χ4n) is 2.65. The molecule has 7 heteroatoms. The zero-order valence-electron chi connectivity index (χ0n) is 15.3. The molecule has 0 saturated heterocycles. The number of halogens is 1. The molecular formula is C20H20ClN3O2S. The number of nitrogens with one attached hydrogen (secondary N) is 1. The molecule has 1 N–H and O–H groups in total. The van der Waals surface area contributed by atoms with Crippen molar-refractivity contribution in [1.82, 2.24) is 10.2 Å². The Morgan fingerprint density at radius 2 is 2.00 bits per heavy atom. The largest absolute Gasteiger partial charge is 0.411 e. The number of carbonyl (C=O) groups is 1. The highest BCUT2D eigenvalue weighted by atomic mass is 35.5. The van der Waals surface area contributed by atoms with Gasteiger partial charge in [-0.25, -0.2) is 0 Å². The first-order valence-corrected chi connectivity index (χ1v) is 9.92. The summed E-state index contributed by atoms with van der Waals surface area (Å²) in [5, 5.41) is 11.9. The summed E-state index contributed by atoms with van der Waals surface area (Å²) in [5.41, 5.74) is 3.78. The molecule has 1 heterocycles. The average molecular weight is 402 g/mol. The monoisotopic (exact) mass is 401 g/mol. The molecule has 0 fully saturated rings. The fourth-order valence-corrected chi connectivity index (χ4v) is 3.40. The maximum atomic E-state index is 12.4. The van der Waals surface area contributed by atoms with Gasteiger partial charge in [0.1, 0.15) is 0 Å². The van der Waals surface area contributed by atoms with E-state index in [1.165, 1.54) is 11.8 Å². The number of carbonyl (C=O) groups excluding carboxylic acids is 1. The van der Waals surface area contributed by atoms with E-state index < -0.39 is 0 Å². The second-order valence-corrected chi connectivity index (χ2v) is 7.78. The van der Waals surface area contributed by atoms with E-state index >= 15 is 0 Å². The first-order chi connectivity index (χ1) is 12.9. The van der Waals surface area contributed by atoms with E-state index in [9.17, 15) is 4.79 Å². The lowest BCUT2D eigenvalue weighted by Crippen LogP contribution is -2.16. The maximum Gasteiger partial charge on any atom is 0.277 e. The van der Waals surface area contributed by atoms with Crippen molar-refractivity contribution in [3.05, 3.63) is 58.6 Å². The molecule has 0 unspecified atom stereocenters. The highest BCUT2D eigenvalue weighted by Crippen LogP contribution is 2.28. The lowest BCUT2D eigenvalue weighted by molar-refractivity contribution is -0.113. The summed E-state index contributed by atoms with van der Waals surface area (Å²) in [4.78, 5) is 12.4. The molecule has 0 saturated carbocycles. The summed E-state index contributed by atoms with van der Waals surface area (Å²) < 4.78 is 5.61. The summed E-state index contributed by atoms with van der Waals surface area (Å²) in [6.07, 6.45) is 0. The Kier molecular flexibility index (Phi) is 6.19. The quantitative estimate of drug-likeness (QED) is 0.548. The van der Waals surface area contributed by atoms with Gasteiger partial charge in [0.15, 0.2) is 0 Å². The van der Waals surface area contributed by atoms with E-state index in [1.54, 1.807) is 12.1 Å². The summed E-state index contributed by atoms with van der Waals surface area (Å²) in [7, 11) is 0.